The van der Waals surface area contributed by atoms with Crippen LogP contribution in [0.1, 0.15) is 5.69 Å². The van der Waals surface area contributed by atoms with E-state index in [0.717, 1.165) is 27.6 Å². The van der Waals surface area contributed by atoms with E-state index in [2.05, 4.69) is 20.6 Å². The van der Waals surface area contributed by atoms with Crippen LogP contribution < -0.4 is 10.9 Å². The van der Waals surface area contributed by atoms with Gasteiger partial charge in [-0.15, -0.1) is 15.3 Å². The first-order valence-corrected chi connectivity index (χ1v) is 8.73. The van der Waals surface area contributed by atoms with Gasteiger partial charge >= 0.3 is 0 Å². The van der Waals surface area contributed by atoms with Crippen LogP contribution in [0.15, 0.2) is 27.3 Å². The molecule has 1 amide bonds. The lowest BCUT2D eigenvalue weighted by Crippen LogP contribution is -2.19. The van der Waals surface area contributed by atoms with Gasteiger partial charge in [-0.3, -0.25) is 9.59 Å². The molecule has 0 bridgehead atoms. The number of hydrogen-bond donors (Lipinski definition) is 1. The van der Waals surface area contributed by atoms with Crippen LogP contribution in [0.4, 0.5) is 10.1 Å². The minimum Gasteiger partial charge on any atom is -0.325 e. The molecule has 2 aromatic heterocycles. The molecule has 0 aliphatic rings. The fraction of sp³-hybridized carbons (Fsp3) is 0.154. The maximum absolute atomic E-state index is 13.1. The van der Waals surface area contributed by atoms with Gasteiger partial charge in [-0.05, 0) is 25.1 Å². The first-order valence-electron chi connectivity index (χ1n) is 6.55. The summed E-state index contributed by atoms with van der Waals surface area (Å²) in [7, 11) is 0. The molecule has 0 saturated heterocycles. The second kappa shape index (κ2) is 6.83. The Hall–Kier alpha value is -2.04. The average Bonchev–Trinajstić information content (AvgIpc) is 2.97. The summed E-state index contributed by atoms with van der Waals surface area (Å²) >= 11 is 7.98. The van der Waals surface area contributed by atoms with Gasteiger partial charge in [0.05, 0.1) is 10.8 Å². The molecule has 0 spiro atoms. The van der Waals surface area contributed by atoms with Crippen molar-refractivity contribution in [2.45, 2.75) is 11.3 Å². The third-order valence-electron chi connectivity index (χ3n) is 2.86. The molecule has 0 saturated carbocycles. The van der Waals surface area contributed by atoms with Crippen molar-refractivity contribution in [3.8, 4) is 0 Å². The Morgan fingerprint density at radius 1 is 1.46 bits per heavy atom. The molecule has 7 nitrogen and oxygen atoms in total. The molecule has 0 atom stereocenters. The normalized spacial score (nSPS) is 11.0. The lowest BCUT2D eigenvalue weighted by Gasteiger charge is -2.04. The number of carbonyl (C=O) groups excluding carboxylic acids is 1. The average molecular weight is 386 g/mol. The number of aryl methyl sites for hydroxylation is 1. The van der Waals surface area contributed by atoms with Gasteiger partial charge in [0.25, 0.3) is 5.56 Å². The van der Waals surface area contributed by atoms with E-state index >= 15 is 0 Å². The van der Waals surface area contributed by atoms with Crippen LogP contribution >= 0.6 is 34.7 Å². The SMILES string of the molecule is Cc1nnc2sc(SCC(=O)Nc3ccc(F)c(Cl)c3)nn2c1=O. The molecule has 3 rings (SSSR count). The number of thioether (sulfide) groups is 1. The predicted molar refractivity (Wildman–Crippen MR) is 90.4 cm³/mol. The van der Waals surface area contributed by atoms with E-state index in [-0.39, 0.29) is 27.9 Å². The number of nitrogens with one attached hydrogen (secondary N) is 1. The number of aromatic nitrogens is 4. The number of nitrogens with zero attached hydrogens (tertiary/aromatic N) is 4. The van der Waals surface area contributed by atoms with Gasteiger partial charge in [0, 0.05) is 5.69 Å². The molecule has 3 aromatic rings. The maximum atomic E-state index is 13.1. The summed E-state index contributed by atoms with van der Waals surface area (Å²) in [5.74, 6) is -0.799. The largest absolute Gasteiger partial charge is 0.325 e. The van der Waals surface area contributed by atoms with Crippen molar-refractivity contribution in [1.29, 1.82) is 0 Å². The Labute approximate surface area is 147 Å². The second-order valence-electron chi connectivity index (χ2n) is 4.62. The van der Waals surface area contributed by atoms with Gasteiger partial charge in [0.1, 0.15) is 11.5 Å². The topological polar surface area (TPSA) is 89.2 Å². The van der Waals surface area contributed by atoms with E-state index in [1.54, 1.807) is 6.92 Å². The zero-order chi connectivity index (χ0) is 17.3. The van der Waals surface area contributed by atoms with Crippen LogP contribution in [-0.2, 0) is 4.79 Å². The maximum Gasteiger partial charge on any atom is 0.296 e. The molecule has 0 radical (unpaired) electrons. The van der Waals surface area contributed by atoms with Crippen molar-refractivity contribution in [3.63, 3.8) is 0 Å². The van der Waals surface area contributed by atoms with Crippen LogP contribution in [0.25, 0.3) is 4.96 Å². The summed E-state index contributed by atoms with van der Waals surface area (Å²) in [6, 6.07) is 3.92. The van der Waals surface area contributed by atoms with Gasteiger partial charge in [-0.1, -0.05) is 34.7 Å². The van der Waals surface area contributed by atoms with Crippen molar-refractivity contribution in [2.75, 3.05) is 11.1 Å². The Morgan fingerprint density at radius 2 is 2.25 bits per heavy atom. The number of carbonyl (C=O) groups is 1. The predicted octanol–water partition coefficient (Wildman–Crippen LogP) is 2.38. The number of fused-ring (bicyclic) bond motifs is 1. The van der Waals surface area contributed by atoms with Crippen LogP contribution in [0.2, 0.25) is 5.02 Å². The summed E-state index contributed by atoms with van der Waals surface area (Å²) in [4.78, 5) is 24.1. The zero-order valence-corrected chi connectivity index (χ0v) is 14.5. The quantitative estimate of drug-likeness (QED) is 0.693. The fourth-order valence-electron chi connectivity index (χ4n) is 1.73. The molecule has 124 valence electrons. The Morgan fingerprint density at radius 3 is 3.00 bits per heavy atom. The van der Waals surface area contributed by atoms with Crippen LogP contribution in [0.5, 0.6) is 0 Å². The van der Waals surface area contributed by atoms with Gasteiger partial charge in [-0.25, -0.2) is 4.39 Å². The summed E-state index contributed by atoms with van der Waals surface area (Å²) in [6.45, 7) is 1.55. The van der Waals surface area contributed by atoms with Crippen molar-refractivity contribution >= 4 is 51.3 Å². The first-order chi connectivity index (χ1) is 11.4. The Bertz CT molecular complexity index is 990. The highest BCUT2D eigenvalue weighted by Crippen LogP contribution is 2.24. The second-order valence-corrected chi connectivity index (χ2v) is 7.20. The zero-order valence-electron chi connectivity index (χ0n) is 12.1. The molecule has 24 heavy (non-hydrogen) atoms. The number of anilines is 1. The lowest BCUT2D eigenvalue weighted by molar-refractivity contribution is -0.113. The minimum atomic E-state index is -0.555. The standard InChI is InChI=1S/C13H9ClFN5O2S2/c1-6-11(22)20-12(18-17-6)24-13(19-20)23-5-10(21)16-7-2-3-9(15)8(14)4-7/h2-4H,5H2,1H3,(H,16,21). The first kappa shape index (κ1) is 16.8. The van der Waals surface area contributed by atoms with Crippen molar-refractivity contribution < 1.29 is 9.18 Å². The van der Waals surface area contributed by atoms with Crippen LogP contribution in [0.3, 0.4) is 0 Å². The summed E-state index contributed by atoms with van der Waals surface area (Å²) < 4.78 is 14.7. The molecular formula is C13H9ClFN5O2S2. The highest BCUT2D eigenvalue weighted by molar-refractivity contribution is 8.01. The summed E-state index contributed by atoms with van der Waals surface area (Å²) in [5, 5.41) is 14.3. The summed E-state index contributed by atoms with van der Waals surface area (Å²) in [5.41, 5.74) is 0.308. The summed E-state index contributed by atoms with van der Waals surface area (Å²) in [6.07, 6.45) is 0. The van der Waals surface area contributed by atoms with E-state index in [0.29, 0.717) is 15.0 Å². The molecule has 0 aliphatic carbocycles. The van der Waals surface area contributed by atoms with Crippen LogP contribution in [0, 0.1) is 12.7 Å². The van der Waals surface area contributed by atoms with E-state index < -0.39 is 5.82 Å². The molecule has 11 heteroatoms. The molecule has 0 fully saturated rings. The van der Waals surface area contributed by atoms with Gasteiger partial charge in [0.15, 0.2) is 4.34 Å². The van der Waals surface area contributed by atoms with E-state index in [4.69, 9.17) is 11.6 Å². The molecule has 1 aromatic carbocycles. The number of amides is 1. The highest BCUT2D eigenvalue weighted by atomic mass is 35.5. The Balaban J connectivity index is 1.67. The third-order valence-corrected chi connectivity index (χ3v) is 5.18. The molecule has 0 unspecified atom stereocenters. The van der Waals surface area contributed by atoms with E-state index in [1.807, 2.05) is 0 Å². The van der Waals surface area contributed by atoms with E-state index in [1.165, 1.54) is 18.2 Å². The number of hydrogen-bond acceptors (Lipinski definition) is 7. The number of rotatable bonds is 4. The van der Waals surface area contributed by atoms with Crippen molar-refractivity contribution in [3.05, 3.63) is 45.1 Å². The lowest BCUT2D eigenvalue weighted by atomic mass is 10.3. The van der Waals surface area contributed by atoms with Gasteiger partial charge in [-0.2, -0.15) is 4.52 Å². The molecular weight excluding hydrogens is 377 g/mol. The molecule has 2 heterocycles. The number of benzene rings is 1. The van der Waals surface area contributed by atoms with Crippen molar-refractivity contribution in [1.82, 2.24) is 19.8 Å². The fourth-order valence-corrected chi connectivity index (χ4v) is 3.58. The Kier molecular flexibility index (Phi) is 4.78. The van der Waals surface area contributed by atoms with E-state index in [9.17, 15) is 14.0 Å². The smallest absolute Gasteiger partial charge is 0.296 e. The molecule has 1 N–H and O–H groups in total. The minimum absolute atomic E-state index is 0.0655. The highest BCUT2D eigenvalue weighted by Gasteiger charge is 2.12. The van der Waals surface area contributed by atoms with Gasteiger partial charge in [0.2, 0.25) is 10.9 Å². The van der Waals surface area contributed by atoms with Crippen LogP contribution in [-0.4, -0.2) is 31.5 Å². The third kappa shape index (κ3) is 3.55. The monoisotopic (exact) mass is 385 g/mol. The van der Waals surface area contributed by atoms with Gasteiger partial charge < -0.3 is 5.32 Å². The number of halogens is 2. The van der Waals surface area contributed by atoms with Crippen molar-refractivity contribution in [2.24, 2.45) is 0 Å². The molecule has 0 aliphatic heterocycles.